The van der Waals surface area contributed by atoms with Crippen molar-refractivity contribution in [2.24, 2.45) is 0 Å². The molecule has 4 heteroatoms. The third-order valence-electron chi connectivity index (χ3n) is 2.85. The second-order valence-corrected chi connectivity index (χ2v) is 4.99. The first-order valence-electron chi connectivity index (χ1n) is 5.79. The highest BCUT2D eigenvalue weighted by Crippen LogP contribution is 2.24. The average Bonchev–Trinajstić information content (AvgIpc) is 3.01. The van der Waals surface area contributed by atoms with E-state index < -0.39 is 0 Å². The van der Waals surface area contributed by atoms with Crippen molar-refractivity contribution in [2.45, 2.75) is 12.5 Å². The molecule has 1 atom stereocenters. The van der Waals surface area contributed by atoms with Gasteiger partial charge in [0, 0.05) is 23.7 Å². The Morgan fingerprint density at radius 1 is 1.29 bits per heavy atom. The van der Waals surface area contributed by atoms with Gasteiger partial charge in [0.05, 0.1) is 0 Å². The van der Waals surface area contributed by atoms with Gasteiger partial charge < -0.3 is 10.1 Å². The highest BCUT2D eigenvalue weighted by atomic mass is 32.1. The Bertz CT molecular complexity index is 461. The Balaban J connectivity index is 1.71. The van der Waals surface area contributed by atoms with E-state index in [1.165, 1.54) is 0 Å². The lowest BCUT2D eigenvalue weighted by Gasteiger charge is -2.12. The quantitative estimate of drug-likeness (QED) is 0.903. The Morgan fingerprint density at radius 3 is 2.82 bits per heavy atom. The molecule has 0 radical (unpaired) electrons. The van der Waals surface area contributed by atoms with Gasteiger partial charge in [0.15, 0.2) is 0 Å². The summed E-state index contributed by atoms with van der Waals surface area (Å²) in [5, 5.41) is 6.34. The van der Waals surface area contributed by atoms with Crippen LogP contribution in [-0.2, 0) is 0 Å². The van der Waals surface area contributed by atoms with Crippen LogP contribution >= 0.6 is 11.3 Å². The zero-order valence-corrected chi connectivity index (χ0v) is 10.2. The molecule has 1 aliphatic rings. The molecule has 0 aliphatic carbocycles. The van der Waals surface area contributed by atoms with E-state index in [0.717, 1.165) is 35.8 Å². The lowest BCUT2D eigenvalue weighted by Crippen LogP contribution is -2.19. The summed E-state index contributed by atoms with van der Waals surface area (Å²) in [5.74, 6) is 0.944. The summed E-state index contributed by atoms with van der Waals surface area (Å²) in [6, 6.07) is 8.18. The molecule has 1 N–H and O–H groups in total. The van der Waals surface area contributed by atoms with Crippen LogP contribution in [0.3, 0.4) is 0 Å². The minimum absolute atomic E-state index is 0.320. The molecular formula is C13H14N2OS. The predicted octanol–water partition coefficient (Wildman–Crippen LogP) is 2.55. The summed E-state index contributed by atoms with van der Waals surface area (Å²) in [5.41, 5.74) is 1.15. The van der Waals surface area contributed by atoms with E-state index >= 15 is 0 Å². The molecule has 1 fully saturated rings. The second kappa shape index (κ2) is 4.85. The van der Waals surface area contributed by atoms with Crippen molar-refractivity contribution in [3.63, 3.8) is 0 Å². The fraction of sp³-hybridized carbons (Fsp3) is 0.308. The zero-order chi connectivity index (χ0) is 11.5. The van der Waals surface area contributed by atoms with Crippen LogP contribution in [-0.4, -0.2) is 24.2 Å². The molecule has 0 bridgehead atoms. The highest BCUT2D eigenvalue weighted by Gasteiger charge is 2.15. The van der Waals surface area contributed by atoms with E-state index in [1.54, 1.807) is 11.3 Å². The number of thiazole rings is 1. The molecule has 2 heterocycles. The van der Waals surface area contributed by atoms with Crippen molar-refractivity contribution in [3.05, 3.63) is 35.8 Å². The number of nitrogens with zero attached hydrogens (tertiary/aromatic N) is 1. The van der Waals surface area contributed by atoms with Gasteiger partial charge in [-0.15, -0.1) is 11.3 Å². The smallest absolute Gasteiger partial charge is 0.123 e. The van der Waals surface area contributed by atoms with Crippen molar-refractivity contribution in [1.29, 1.82) is 0 Å². The summed E-state index contributed by atoms with van der Waals surface area (Å²) in [6.45, 7) is 2.01. The van der Waals surface area contributed by atoms with Crippen molar-refractivity contribution in [1.82, 2.24) is 10.3 Å². The molecule has 1 saturated heterocycles. The van der Waals surface area contributed by atoms with Crippen LogP contribution in [0.5, 0.6) is 5.75 Å². The molecule has 0 amide bonds. The van der Waals surface area contributed by atoms with Gasteiger partial charge in [-0.2, -0.15) is 0 Å². The second-order valence-electron chi connectivity index (χ2n) is 4.09. The van der Waals surface area contributed by atoms with Gasteiger partial charge in [-0.25, -0.2) is 4.98 Å². The number of benzene rings is 1. The van der Waals surface area contributed by atoms with Gasteiger partial charge in [-0.05, 0) is 37.2 Å². The van der Waals surface area contributed by atoms with Crippen molar-refractivity contribution >= 4 is 11.3 Å². The predicted molar refractivity (Wildman–Crippen MR) is 69.5 cm³/mol. The normalized spacial score (nSPS) is 19.4. The van der Waals surface area contributed by atoms with Gasteiger partial charge in [-0.3, -0.25) is 0 Å². The third-order valence-corrected chi connectivity index (χ3v) is 3.67. The highest BCUT2D eigenvalue weighted by molar-refractivity contribution is 7.13. The summed E-state index contributed by atoms with van der Waals surface area (Å²) >= 11 is 1.65. The van der Waals surface area contributed by atoms with Crippen LogP contribution in [0.1, 0.15) is 6.42 Å². The molecule has 3 rings (SSSR count). The standard InChI is InChI=1S/C13H14N2OS/c1-3-11(16-12-5-6-14-9-12)4-2-10(1)13-15-7-8-17-13/h1-4,7-8,12,14H,5-6,9H2. The van der Waals surface area contributed by atoms with E-state index in [1.807, 2.05) is 23.7 Å². The van der Waals surface area contributed by atoms with Crippen LogP contribution in [0, 0.1) is 0 Å². The van der Waals surface area contributed by atoms with Crippen LogP contribution in [0.25, 0.3) is 10.6 Å². The van der Waals surface area contributed by atoms with Gasteiger partial charge in [0.2, 0.25) is 0 Å². The summed E-state index contributed by atoms with van der Waals surface area (Å²) in [7, 11) is 0. The van der Waals surface area contributed by atoms with Crippen LogP contribution < -0.4 is 10.1 Å². The van der Waals surface area contributed by atoms with Gasteiger partial charge >= 0.3 is 0 Å². The van der Waals surface area contributed by atoms with Crippen molar-refractivity contribution in [2.75, 3.05) is 13.1 Å². The first-order chi connectivity index (χ1) is 8.42. The van der Waals surface area contributed by atoms with Gasteiger partial charge in [-0.1, -0.05) is 0 Å². The van der Waals surface area contributed by atoms with E-state index in [0.29, 0.717) is 6.10 Å². The maximum atomic E-state index is 5.87. The molecule has 88 valence electrons. The molecule has 0 spiro atoms. The van der Waals surface area contributed by atoms with Gasteiger partial charge in [0.1, 0.15) is 16.9 Å². The molecule has 1 unspecified atom stereocenters. The minimum atomic E-state index is 0.320. The molecule has 1 aromatic carbocycles. The summed E-state index contributed by atoms with van der Waals surface area (Å²) in [4.78, 5) is 4.29. The maximum Gasteiger partial charge on any atom is 0.123 e. The molecule has 1 aromatic heterocycles. The largest absolute Gasteiger partial charge is 0.489 e. The van der Waals surface area contributed by atoms with E-state index in [2.05, 4.69) is 22.4 Å². The molecular weight excluding hydrogens is 232 g/mol. The maximum absolute atomic E-state index is 5.87. The first-order valence-corrected chi connectivity index (χ1v) is 6.67. The number of hydrogen-bond acceptors (Lipinski definition) is 4. The lowest BCUT2D eigenvalue weighted by atomic mass is 10.2. The average molecular weight is 246 g/mol. The van der Waals surface area contributed by atoms with Crippen LogP contribution in [0.2, 0.25) is 0 Å². The van der Waals surface area contributed by atoms with Crippen molar-refractivity contribution < 1.29 is 4.74 Å². The van der Waals surface area contributed by atoms with Crippen LogP contribution in [0.4, 0.5) is 0 Å². The summed E-state index contributed by atoms with van der Waals surface area (Å²) in [6.07, 6.45) is 3.24. The Kier molecular flexibility index (Phi) is 3.07. The minimum Gasteiger partial charge on any atom is -0.489 e. The Hall–Kier alpha value is -1.39. The van der Waals surface area contributed by atoms with Gasteiger partial charge in [0.25, 0.3) is 0 Å². The zero-order valence-electron chi connectivity index (χ0n) is 9.43. The molecule has 2 aromatic rings. The topological polar surface area (TPSA) is 34.1 Å². The molecule has 0 saturated carbocycles. The SMILES string of the molecule is c1csc(-c2ccc(OC3CCNC3)cc2)n1. The van der Waals surface area contributed by atoms with Crippen LogP contribution in [0.15, 0.2) is 35.8 Å². The number of hydrogen-bond donors (Lipinski definition) is 1. The van der Waals surface area contributed by atoms with E-state index in [9.17, 15) is 0 Å². The molecule has 3 nitrogen and oxygen atoms in total. The lowest BCUT2D eigenvalue weighted by molar-refractivity contribution is 0.223. The monoisotopic (exact) mass is 246 g/mol. The molecule has 1 aliphatic heterocycles. The Morgan fingerprint density at radius 2 is 2.18 bits per heavy atom. The number of ether oxygens (including phenoxy) is 1. The first kappa shape index (κ1) is 10.7. The fourth-order valence-corrected chi connectivity index (χ4v) is 2.61. The number of aromatic nitrogens is 1. The Labute approximate surface area is 104 Å². The number of nitrogens with one attached hydrogen (secondary N) is 1. The van der Waals surface area contributed by atoms with E-state index in [4.69, 9.17) is 4.74 Å². The van der Waals surface area contributed by atoms with E-state index in [-0.39, 0.29) is 0 Å². The number of rotatable bonds is 3. The molecule has 17 heavy (non-hydrogen) atoms. The fourth-order valence-electron chi connectivity index (χ4n) is 1.96. The third kappa shape index (κ3) is 2.48. The summed E-state index contributed by atoms with van der Waals surface area (Å²) < 4.78 is 5.87. The van der Waals surface area contributed by atoms with Crippen molar-refractivity contribution in [3.8, 4) is 16.3 Å².